The van der Waals surface area contributed by atoms with Crippen molar-refractivity contribution in [2.45, 2.75) is 12.4 Å². The lowest BCUT2D eigenvalue weighted by Gasteiger charge is -2.14. The predicted octanol–water partition coefficient (Wildman–Crippen LogP) is 12.7. The van der Waals surface area contributed by atoms with E-state index in [4.69, 9.17) is 4.98 Å². The fourth-order valence-corrected chi connectivity index (χ4v) is 7.32. The Kier molecular flexibility index (Phi) is 7.26. The van der Waals surface area contributed by atoms with Crippen molar-refractivity contribution in [2.24, 2.45) is 0 Å². The maximum absolute atomic E-state index is 13.4. The second kappa shape index (κ2) is 11.6. The summed E-state index contributed by atoms with van der Waals surface area (Å²) in [5.41, 5.74) is 3.94. The number of alkyl halides is 6. The molecule has 0 N–H and O–H groups in total. The second-order valence-electron chi connectivity index (χ2n) is 11.7. The lowest BCUT2D eigenvalue weighted by Crippen LogP contribution is -2.11. The summed E-state index contributed by atoms with van der Waals surface area (Å²) in [6, 6.07) is 34.6. The molecule has 240 valence electrons. The Morgan fingerprint density at radius 1 is 0.469 bits per heavy atom. The van der Waals surface area contributed by atoms with Crippen molar-refractivity contribution in [2.75, 3.05) is 0 Å². The number of pyridine rings is 2. The lowest BCUT2D eigenvalue weighted by molar-refractivity contribution is -0.143. The van der Waals surface area contributed by atoms with Crippen LogP contribution in [0.15, 0.2) is 134 Å². The van der Waals surface area contributed by atoms with Gasteiger partial charge in [-0.25, -0.2) is 4.98 Å². The van der Waals surface area contributed by atoms with E-state index >= 15 is 0 Å². The molecule has 0 saturated carbocycles. The van der Waals surface area contributed by atoms with Gasteiger partial charge in [0.15, 0.2) is 0 Å². The maximum atomic E-state index is 13.4. The van der Waals surface area contributed by atoms with Crippen molar-refractivity contribution in [1.29, 1.82) is 0 Å². The van der Waals surface area contributed by atoms with E-state index in [0.717, 1.165) is 66.6 Å². The minimum atomic E-state index is -4.91. The summed E-state index contributed by atoms with van der Waals surface area (Å²) in [6.07, 6.45) is -6.19. The fraction of sp³-hybridized carbons (Fsp3) is 0.0500. The first-order valence-electron chi connectivity index (χ1n) is 15.2. The largest absolute Gasteiger partial charge is 0.416 e. The molecule has 0 saturated heterocycles. The standard InChI is InChI=1S/C40H22F6N2S/c41-39(42,43)31-18-29(19-32(21-31)40(44,45)46)24-8-6-23(7-9-24)27-14-15-28-17-30(22-48-36(28)20-27)25-10-12-26(13-11-25)33-3-1-4-34-35-5-2-16-47-38(35)49-37(33)34/h1-22H. The average molecular weight is 677 g/mol. The number of rotatable bonds is 4. The first-order chi connectivity index (χ1) is 23.5. The third-order valence-electron chi connectivity index (χ3n) is 8.63. The Hall–Kier alpha value is -5.54. The molecule has 3 heterocycles. The highest BCUT2D eigenvalue weighted by Crippen LogP contribution is 2.41. The summed E-state index contributed by atoms with van der Waals surface area (Å²) in [5.74, 6) is 0. The Labute approximate surface area is 280 Å². The smallest absolute Gasteiger partial charge is 0.256 e. The van der Waals surface area contributed by atoms with Gasteiger partial charge < -0.3 is 0 Å². The average Bonchev–Trinajstić information content (AvgIpc) is 3.49. The van der Waals surface area contributed by atoms with Crippen molar-refractivity contribution >= 4 is 42.5 Å². The first-order valence-corrected chi connectivity index (χ1v) is 16.0. The van der Waals surface area contributed by atoms with Gasteiger partial charge in [0, 0.05) is 38.8 Å². The first kappa shape index (κ1) is 30.8. The molecule has 0 bridgehead atoms. The summed E-state index contributed by atoms with van der Waals surface area (Å²) < 4.78 is 81.4. The molecule has 0 spiro atoms. The van der Waals surface area contributed by atoms with Gasteiger partial charge in [0.2, 0.25) is 0 Å². The highest BCUT2D eigenvalue weighted by molar-refractivity contribution is 7.26. The number of hydrogen-bond acceptors (Lipinski definition) is 3. The van der Waals surface area contributed by atoms with Crippen molar-refractivity contribution in [1.82, 2.24) is 9.97 Å². The molecule has 0 amide bonds. The molecule has 5 aromatic carbocycles. The quantitative estimate of drug-likeness (QED) is 0.173. The minimum Gasteiger partial charge on any atom is -0.256 e. The van der Waals surface area contributed by atoms with E-state index in [-0.39, 0.29) is 17.2 Å². The van der Waals surface area contributed by atoms with Crippen LogP contribution in [0.25, 0.3) is 75.7 Å². The number of benzene rings is 5. The van der Waals surface area contributed by atoms with E-state index in [9.17, 15) is 26.3 Å². The number of thiophene rings is 1. The highest BCUT2D eigenvalue weighted by Gasteiger charge is 2.37. The normalized spacial score (nSPS) is 12.3. The van der Waals surface area contributed by atoms with Crippen LogP contribution in [0.4, 0.5) is 26.3 Å². The molecule has 49 heavy (non-hydrogen) atoms. The second-order valence-corrected chi connectivity index (χ2v) is 12.7. The van der Waals surface area contributed by atoms with Gasteiger partial charge in [0.1, 0.15) is 4.83 Å². The van der Waals surface area contributed by atoms with Crippen molar-refractivity contribution < 1.29 is 26.3 Å². The molecular formula is C40H22F6N2S. The van der Waals surface area contributed by atoms with Crippen LogP contribution < -0.4 is 0 Å². The van der Waals surface area contributed by atoms with Gasteiger partial charge in [-0.1, -0.05) is 78.9 Å². The van der Waals surface area contributed by atoms with E-state index in [1.54, 1.807) is 23.5 Å². The SMILES string of the molecule is FC(F)(F)c1cc(-c2ccc(-c3ccc4cc(-c5ccc(-c6cccc7c6sc6ncccc67)cc5)cnc4c3)cc2)cc(C(F)(F)F)c1. The van der Waals surface area contributed by atoms with Crippen molar-refractivity contribution in [3.8, 4) is 44.5 Å². The summed E-state index contributed by atoms with van der Waals surface area (Å²) in [5, 5.41) is 3.27. The molecule has 0 aliphatic carbocycles. The summed E-state index contributed by atoms with van der Waals surface area (Å²) >= 11 is 1.69. The van der Waals surface area contributed by atoms with Crippen LogP contribution >= 0.6 is 11.3 Å². The fourth-order valence-electron chi connectivity index (χ4n) is 6.14. The summed E-state index contributed by atoms with van der Waals surface area (Å²) in [6.45, 7) is 0. The molecule has 0 atom stereocenters. The number of nitrogens with zero attached hydrogens (tertiary/aromatic N) is 2. The van der Waals surface area contributed by atoms with E-state index < -0.39 is 23.5 Å². The zero-order chi connectivity index (χ0) is 33.9. The van der Waals surface area contributed by atoms with Crippen molar-refractivity contribution in [3.63, 3.8) is 0 Å². The van der Waals surface area contributed by atoms with Crippen LogP contribution in [0.2, 0.25) is 0 Å². The van der Waals surface area contributed by atoms with E-state index in [0.29, 0.717) is 0 Å². The number of hydrogen-bond donors (Lipinski definition) is 0. The summed E-state index contributed by atoms with van der Waals surface area (Å²) in [4.78, 5) is 10.3. The molecule has 2 nitrogen and oxygen atoms in total. The molecule has 0 aliphatic heterocycles. The van der Waals surface area contributed by atoms with Crippen LogP contribution in [0.3, 0.4) is 0 Å². The van der Waals surface area contributed by atoms with Crippen molar-refractivity contribution in [3.05, 3.63) is 145 Å². The topological polar surface area (TPSA) is 25.8 Å². The number of fused-ring (bicyclic) bond motifs is 4. The molecule has 9 heteroatoms. The zero-order valence-electron chi connectivity index (χ0n) is 25.3. The lowest BCUT2D eigenvalue weighted by atomic mass is 9.96. The molecule has 3 aromatic heterocycles. The van der Waals surface area contributed by atoms with E-state index in [1.165, 1.54) is 22.2 Å². The maximum Gasteiger partial charge on any atom is 0.416 e. The van der Waals surface area contributed by atoms with Crippen LogP contribution in [0.5, 0.6) is 0 Å². The van der Waals surface area contributed by atoms with Gasteiger partial charge in [-0.05, 0) is 81.4 Å². The van der Waals surface area contributed by atoms with Gasteiger partial charge in [0.25, 0.3) is 0 Å². The van der Waals surface area contributed by atoms with Gasteiger partial charge in [-0.15, -0.1) is 11.3 Å². The third kappa shape index (κ3) is 5.80. The molecule has 8 rings (SSSR count). The minimum absolute atomic E-state index is 0.132. The molecule has 0 fully saturated rings. The number of aromatic nitrogens is 2. The predicted molar refractivity (Wildman–Crippen MR) is 184 cm³/mol. The zero-order valence-corrected chi connectivity index (χ0v) is 26.1. The monoisotopic (exact) mass is 676 g/mol. The molecule has 0 aliphatic rings. The molecular weight excluding hydrogens is 655 g/mol. The van der Waals surface area contributed by atoms with Crippen LogP contribution in [-0.2, 0) is 12.4 Å². The van der Waals surface area contributed by atoms with Crippen LogP contribution in [-0.4, -0.2) is 9.97 Å². The third-order valence-corrected chi connectivity index (χ3v) is 9.79. The molecule has 8 aromatic rings. The van der Waals surface area contributed by atoms with E-state index in [1.807, 2.05) is 36.7 Å². The Balaban J connectivity index is 1.06. The Bertz CT molecular complexity index is 2480. The van der Waals surface area contributed by atoms with E-state index in [2.05, 4.69) is 59.6 Å². The van der Waals surface area contributed by atoms with Crippen LogP contribution in [0.1, 0.15) is 11.1 Å². The highest BCUT2D eigenvalue weighted by atomic mass is 32.1. The summed E-state index contributed by atoms with van der Waals surface area (Å²) in [7, 11) is 0. The van der Waals surface area contributed by atoms with Gasteiger partial charge in [-0.2, -0.15) is 26.3 Å². The number of halogens is 6. The van der Waals surface area contributed by atoms with Gasteiger partial charge in [-0.3, -0.25) is 4.98 Å². The Morgan fingerprint density at radius 3 is 1.73 bits per heavy atom. The molecule has 0 unspecified atom stereocenters. The van der Waals surface area contributed by atoms with Gasteiger partial charge in [0.05, 0.1) is 16.6 Å². The Morgan fingerprint density at radius 2 is 1.06 bits per heavy atom. The van der Waals surface area contributed by atoms with Crippen LogP contribution in [0, 0.1) is 0 Å². The van der Waals surface area contributed by atoms with Gasteiger partial charge >= 0.3 is 12.4 Å². The molecule has 0 radical (unpaired) electrons.